The van der Waals surface area contributed by atoms with E-state index in [1.54, 1.807) is 13.2 Å². The Morgan fingerprint density at radius 1 is 1.31 bits per heavy atom. The summed E-state index contributed by atoms with van der Waals surface area (Å²) in [4.78, 5) is 20.4. The quantitative estimate of drug-likeness (QED) is 0.319. The molecule has 1 aromatic heterocycles. The first-order valence-corrected chi connectivity index (χ1v) is 8.68. The smallest absolute Gasteiger partial charge is 0.407 e. The first-order valence-electron chi connectivity index (χ1n) is 8.68. The molecule has 1 unspecified atom stereocenters. The maximum Gasteiger partial charge on any atom is 0.407 e. The lowest BCUT2D eigenvalue weighted by molar-refractivity contribution is 0.0502. The maximum atomic E-state index is 12.0. The minimum atomic E-state index is -0.505. The summed E-state index contributed by atoms with van der Waals surface area (Å²) in [6.45, 7) is 8.78. The molecule has 1 rings (SSSR count). The van der Waals surface area contributed by atoms with Crippen molar-refractivity contribution in [2.75, 3.05) is 13.6 Å². The Hall–Kier alpha value is -1.58. The van der Waals surface area contributed by atoms with Gasteiger partial charge in [0.25, 0.3) is 0 Å². The molecule has 0 spiro atoms. The zero-order valence-corrected chi connectivity index (χ0v) is 18.7. The van der Waals surface area contributed by atoms with Gasteiger partial charge in [0.1, 0.15) is 5.60 Å². The number of halogens is 1. The maximum absolute atomic E-state index is 12.0. The van der Waals surface area contributed by atoms with Crippen molar-refractivity contribution in [2.45, 2.75) is 58.7 Å². The lowest BCUT2D eigenvalue weighted by atomic mass is 10.1. The highest BCUT2D eigenvalue weighted by Crippen LogP contribution is 2.07. The molecular formula is C18H32IN5O2. The lowest BCUT2D eigenvalue weighted by Gasteiger charge is -2.24. The molecule has 0 aliphatic rings. The molecule has 1 amide bonds. The zero-order valence-electron chi connectivity index (χ0n) is 16.3. The van der Waals surface area contributed by atoms with Crippen molar-refractivity contribution >= 4 is 36.0 Å². The van der Waals surface area contributed by atoms with Gasteiger partial charge < -0.3 is 20.7 Å². The minimum Gasteiger partial charge on any atom is -0.444 e. The summed E-state index contributed by atoms with van der Waals surface area (Å²) in [5, 5.41) is 9.35. The van der Waals surface area contributed by atoms with E-state index in [0.29, 0.717) is 19.0 Å². The molecule has 148 valence electrons. The molecule has 0 aliphatic carbocycles. The average Bonchev–Trinajstić information content (AvgIpc) is 2.54. The number of amides is 1. The molecule has 1 aromatic rings. The summed E-state index contributed by atoms with van der Waals surface area (Å²) in [6.07, 6.45) is 3.17. The number of rotatable bonds is 7. The van der Waals surface area contributed by atoms with Crippen LogP contribution in [0.1, 0.15) is 46.2 Å². The third-order valence-electron chi connectivity index (χ3n) is 3.26. The largest absolute Gasteiger partial charge is 0.444 e. The molecule has 0 saturated carbocycles. The average molecular weight is 477 g/mol. The third-order valence-corrected chi connectivity index (χ3v) is 3.26. The van der Waals surface area contributed by atoms with Gasteiger partial charge >= 0.3 is 6.09 Å². The predicted octanol–water partition coefficient (Wildman–Crippen LogP) is 3.06. The molecule has 0 radical (unpaired) electrons. The van der Waals surface area contributed by atoms with Gasteiger partial charge in [0.2, 0.25) is 0 Å². The highest BCUT2D eigenvalue weighted by molar-refractivity contribution is 14.0. The minimum absolute atomic E-state index is 0. The molecular weight excluding hydrogens is 445 g/mol. The Bertz CT molecular complexity index is 546. The number of carbonyl (C=O) groups is 1. The monoisotopic (exact) mass is 477 g/mol. The molecule has 1 heterocycles. The van der Waals surface area contributed by atoms with E-state index >= 15 is 0 Å². The van der Waals surface area contributed by atoms with E-state index in [1.165, 1.54) is 0 Å². The van der Waals surface area contributed by atoms with Crippen LogP contribution in [0.25, 0.3) is 0 Å². The molecule has 1 atom stereocenters. The highest BCUT2D eigenvalue weighted by Gasteiger charge is 2.19. The van der Waals surface area contributed by atoms with Crippen molar-refractivity contribution in [3.8, 4) is 0 Å². The molecule has 0 saturated heterocycles. The van der Waals surface area contributed by atoms with Gasteiger partial charge in [-0.15, -0.1) is 24.0 Å². The summed E-state index contributed by atoms with van der Waals surface area (Å²) in [6, 6.07) is 5.74. The van der Waals surface area contributed by atoms with Gasteiger partial charge in [0, 0.05) is 25.8 Å². The van der Waals surface area contributed by atoms with Gasteiger partial charge in [-0.25, -0.2) is 4.79 Å². The van der Waals surface area contributed by atoms with Crippen LogP contribution in [0.4, 0.5) is 4.79 Å². The Labute approximate surface area is 173 Å². The van der Waals surface area contributed by atoms with Crippen LogP contribution in [0.3, 0.4) is 0 Å². The van der Waals surface area contributed by atoms with Crippen LogP contribution in [-0.2, 0) is 11.3 Å². The third kappa shape index (κ3) is 11.1. The van der Waals surface area contributed by atoms with Gasteiger partial charge in [-0.05, 0) is 39.3 Å². The summed E-state index contributed by atoms with van der Waals surface area (Å²) >= 11 is 0. The van der Waals surface area contributed by atoms with Crippen molar-refractivity contribution in [1.82, 2.24) is 20.9 Å². The highest BCUT2D eigenvalue weighted by atomic mass is 127. The number of aromatic nitrogens is 1. The molecule has 0 fully saturated rings. The fraction of sp³-hybridized carbons (Fsp3) is 0.611. The molecule has 0 aromatic carbocycles. The van der Waals surface area contributed by atoms with Crippen molar-refractivity contribution in [3.63, 3.8) is 0 Å². The number of aliphatic imine (C=N–C) groups is 1. The van der Waals surface area contributed by atoms with E-state index in [4.69, 9.17) is 4.74 Å². The van der Waals surface area contributed by atoms with Gasteiger partial charge in [0.05, 0.1) is 12.2 Å². The van der Waals surface area contributed by atoms with Crippen molar-refractivity contribution in [1.29, 1.82) is 0 Å². The Morgan fingerprint density at radius 3 is 2.58 bits per heavy atom. The van der Waals surface area contributed by atoms with E-state index < -0.39 is 11.7 Å². The van der Waals surface area contributed by atoms with Crippen LogP contribution in [-0.4, -0.2) is 42.3 Å². The first kappa shape index (κ1) is 24.4. The van der Waals surface area contributed by atoms with Gasteiger partial charge in [0.15, 0.2) is 5.96 Å². The summed E-state index contributed by atoms with van der Waals surface area (Å²) in [5.74, 6) is 0.665. The number of nitrogens with one attached hydrogen (secondary N) is 3. The Morgan fingerprint density at radius 2 is 2.04 bits per heavy atom. The molecule has 0 bridgehead atoms. The van der Waals surface area contributed by atoms with Crippen LogP contribution in [0.15, 0.2) is 29.4 Å². The van der Waals surface area contributed by atoms with Gasteiger partial charge in [-0.2, -0.15) is 0 Å². The molecule has 8 heteroatoms. The number of hydrogen-bond acceptors (Lipinski definition) is 4. The number of carbonyl (C=O) groups excluding carboxylic acids is 1. The molecule has 0 aliphatic heterocycles. The van der Waals surface area contributed by atoms with Crippen molar-refractivity contribution in [3.05, 3.63) is 30.1 Å². The van der Waals surface area contributed by atoms with Crippen molar-refractivity contribution in [2.24, 2.45) is 4.99 Å². The number of hydrogen-bond donors (Lipinski definition) is 3. The number of ether oxygens (including phenoxy) is 1. The zero-order chi connectivity index (χ0) is 18.7. The standard InChI is InChI=1S/C18H31N5O2.HI/c1-6-9-15(23-17(24)25-18(2,3)4)13-22-16(19-5)21-12-14-10-7-8-11-20-14;/h7-8,10-11,15H,6,9,12-13H2,1-5H3,(H,23,24)(H2,19,21,22);1H. The summed E-state index contributed by atoms with van der Waals surface area (Å²) < 4.78 is 5.32. The van der Waals surface area contributed by atoms with E-state index in [-0.39, 0.29) is 30.0 Å². The predicted molar refractivity (Wildman–Crippen MR) is 116 cm³/mol. The van der Waals surface area contributed by atoms with Gasteiger partial charge in [-0.3, -0.25) is 9.98 Å². The summed E-state index contributed by atoms with van der Waals surface area (Å²) in [7, 11) is 1.71. The number of nitrogens with zero attached hydrogens (tertiary/aromatic N) is 2. The summed E-state index contributed by atoms with van der Waals surface area (Å²) in [5.41, 5.74) is 0.427. The van der Waals surface area contributed by atoms with Gasteiger partial charge in [-0.1, -0.05) is 19.4 Å². The molecule has 26 heavy (non-hydrogen) atoms. The SMILES string of the molecule is CCCC(CNC(=NC)NCc1ccccn1)NC(=O)OC(C)(C)C.I. The van der Waals surface area contributed by atoms with Crippen LogP contribution in [0.5, 0.6) is 0 Å². The second kappa shape index (κ2) is 12.7. The van der Waals surface area contributed by atoms with E-state index in [2.05, 4.69) is 32.9 Å². The second-order valence-corrected chi connectivity index (χ2v) is 6.76. The van der Waals surface area contributed by atoms with Crippen LogP contribution in [0, 0.1) is 0 Å². The fourth-order valence-electron chi connectivity index (χ4n) is 2.17. The first-order chi connectivity index (χ1) is 11.8. The Balaban J connectivity index is 0.00000625. The van der Waals surface area contributed by atoms with Crippen LogP contribution in [0.2, 0.25) is 0 Å². The number of pyridine rings is 1. The Kier molecular flexibility index (Phi) is 11.9. The lowest BCUT2D eigenvalue weighted by Crippen LogP contribution is -2.48. The van der Waals surface area contributed by atoms with Crippen LogP contribution >= 0.6 is 24.0 Å². The normalized spacial score (nSPS) is 12.6. The van der Waals surface area contributed by atoms with E-state index in [0.717, 1.165) is 18.5 Å². The topological polar surface area (TPSA) is 87.6 Å². The molecule has 3 N–H and O–H groups in total. The van der Waals surface area contributed by atoms with Crippen LogP contribution < -0.4 is 16.0 Å². The van der Waals surface area contributed by atoms with Crippen molar-refractivity contribution < 1.29 is 9.53 Å². The molecule has 7 nitrogen and oxygen atoms in total. The fourth-order valence-corrected chi connectivity index (χ4v) is 2.17. The number of alkyl carbamates (subject to hydrolysis) is 1. The van der Waals surface area contributed by atoms with E-state index in [1.807, 2.05) is 39.0 Å². The van der Waals surface area contributed by atoms with E-state index in [9.17, 15) is 4.79 Å². The second-order valence-electron chi connectivity index (χ2n) is 6.76. The number of guanidine groups is 1.